The number of nitrogens with one attached hydrogen (secondary N) is 1. The maximum Gasteiger partial charge on any atom is 0.256 e. The average Bonchev–Trinajstić information content (AvgIpc) is 3.22. The van der Waals surface area contributed by atoms with E-state index in [4.69, 9.17) is 4.74 Å². The molecule has 1 aliphatic heterocycles. The first kappa shape index (κ1) is 14.6. The van der Waals surface area contributed by atoms with Crippen LogP contribution in [-0.4, -0.2) is 45.8 Å². The van der Waals surface area contributed by atoms with Gasteiger partial charge in [-0.05, 0) is 31.9 Å². The van der Waals surface area contributed by atoms with Crippen molar-refractivity contribution in [2.45, 2.75) is 32.3 Å². The molecule has 2 heterocycles. The van der Waals surface area contributed by atoms with Gasteiger partial charge in [0.25, 0.3) is 5.91 Å². The van der Waals surface area contributed by atoms with Crippen LogP contribution < -0.4 is 4.90 Å². The molecule has 7 nitrogen and oxygen atoms in total. The second-order valence-electron chi connectivity index (χ2n) is 5.41. The molecule has 22 heavy (non-hydrogen) atoms. The molecule has 1 aromatic heterocycles. The molecule has 0 spiro atoms. The van der Waals surface area contributed by atoms with Crippen LogP contribution in [0.25, 0.3) is 0 Å². The van der Waals surface area contributed by atoms with Crippen molar-refractivity contribution < 1.29 is 9.53 Å². The number of ether oxygens (including phenoxy) is 1. The molecule has 0 radical (unpaired) electrons. The van der Waals surface area contributed by atoms with Crippen LogP contribution in [0.5, 0.6) is 0 Å². The minimum atomic E-state index is -0.341. The Morgan fingerprint density at radius 1 is 1.41 bits per heavy atom. The zero-order valence-electron chi connectivity index (χ0n) is 12.5. The first-order valence-corrected chi connectivity index (χ1v) is 7.46. The Morgan fingerprint density at radius 2 is 2.23 bits per heavy atom. The highest BCUT2D eigenvalue weighted by Gasteiger charge is 2.29. The fourth-order valence-corrected chi connectivity index (χ4v) is 2.54. The lowest BCUT2D eigenvalue weighted by Crippen LogP contribution is -2.40. The molecule has 1 N–H and O–H groups in total. The number of nitrogens with zero attached hydrogens (tertiary/aromatic N) is 4. The van der Waals surface area contributed by atoms with Crippen molar-refractivity contribution in [3.05, 3.63) is 35.7 Å². The van der Waals surface area contributed by atoms with Crippen molar-refractivity contribution in [2.24, 2.45) is 0 Å². The second kappa shape index (κ2) is 6.65. The summed E-state index contributed by atoms with van der Waals surface area (Å²) < 4.78 is 5.54. The van der Waals surface area contributed by atoms with Gasteiger partial charge in [-0.2, -0.15) is 5.21 Å². The molecule has 7 heteroatoms. The zero-order chi connectivity index (χ0) is 15.4. The highest BCUT2D eigenvalue weighted by Crippen LogP contribution is 2.21. The molecule has 1 atom stereocenters. The summed E-state index contributed by atoms with van der Waals surface area (Å²) in [7, 11) is 0. The van der Waals surface area contributed by atoms with Crippen molar-refractivity contribution in [2.75, 3.05) is 18.1 Å². The Hall–Kier alpha value is -2.28. The predicted octanol–water partition coefficient (Wildman–Crippen LogP) is 1.26. The average molecular weight is 301 g/mol. The molecule has 3 rings (SSSR count). The number of carbonyl (C=O) groups is 1. The Morgan fingerprint density at radius 3 is 2.86 bits per heavy atom. The molecule has 1 amide bonds. The third kappa shape index (κ3) is 3.30. The van der Waals surface area contributed by atoms with E-state index in [9.17, 15) is 4.79 Å². The molecule has 1 fully saturated rings. The summed E-state index contributed by atoms with van der Waals surface area (Å²) >= 11 is 0. The number of hydrogen-bond acceptors (Lipinski definition) is 5. The topological polar surface area (TPSA) is 84.0 Å². The molecular weight excluding hydrogens is 282 g/mol. The molecule has 1 aromatic carbocycles. The molecule has 0 unspecified atom stereocenters. The van der Waals surface area contributed by atoms with E-state index in [0.29, 0.717) is 25.4 Å². The standard InChI is InChI=1S/C15H19N5O2/c1-11-4-6-12(7-5-11)20(9-8-14-16-18-19-17-14)15(21)13-3-2-10-22-13/h4-7,13H,2-3,8-10H2,1H3,(H,16,17,18,19)/t13-/m0/s1. The lowest BCUT2D eigenvalue weighted by atomic mass is 10.1. The first-order valence-electron chi connectivity index (χ1n) is 7.46. The number of hydrogen-bond donors (Lipinski definition) is 1. The number of amides is 1. The van der Waals surface area contributed by atoms with Gasteiger partial charge in [0.2, 0.25) is 0 Å². The monoisotopic (exact) mass is 301 g/mol. The molecule has 116 valence electrons. The van der Waals surface area contributed by atoms with E-state index in [-0.39, 0.29) is 12.0 Å². The van der Waals surface area contributed by atoms with Gasteiger partial charge in [0.1, 0.15) is 6.10 Å². The zero-order valence-corrected chi connectivity index (χ0v) is 12.5. The van der Waals surface area contributed by atoms with Gasteiger partial charge in [0.15, 0.2) is 5.82 Å². The van der Waals surface area contributed by atoms with Gasteiger partial charge >= 0.3 is 0 Å². The summed E-state index contributed by atoms with van der Waals surface area (Å²) in [5.74, 6) is 0.599. The van der Waals surface area contributed by atoms with Crippen LogP contribution in [0.3, 0.4) is 0 Å². The second-order valence-corrected chi connectivity index (χ2v) is 5.41. The van der Waals surface area contributed by atoms with Crippen LogP contribution in [0, 0.1) is 6.92 Å². The minimum Gasteiger partial charge on any atom is -0.368 e. The molecule has 2 aromatic rings. The molecule has 1 aliphatic rings. The minimum absolute atomic E-state index is 0.00449. The van der Waals surface area contributed by atoms with Crippen LogP contribution in [0.2, 0.25) is 0 Å². The lowest BCUT2D eigenvalue weighted by molar-refractivity contribution is -0.127. The van der Waals surface area contributed by atoms with E-state index < -0.39 is 0 Å². The van der Waals surface area contributed by atoms with Gasteiger partial charge in [0, 0.05) is 25.3 Å². The summed E-state index contributed by atoms with van der Waals surface area (Å²) in [4.78, 5) is 14.5. The smallest absolute Gasteiger partial charge is 0.256 e. The maximum absolute atomic E-state index is 12.7. The van der Waals surface area contributed by atoms with Crippen molar-refractivity contribution in [1.82, 2.24) is 20.6 Å². The fourth-order valence-electron chi connectivity index (χ4n) is 2.54. The number of benzene rings is 1. The van der Waals surface area contributed by atoms with Crippen LogP contribution in [-0.2, 0) is 16.0 Å². The number of tetrazole rings is 1. The van der Waals surface area contributed by atoms with Gasteiger partial charge in [-0.15, -0.1) is 10.2 Å². The van der Waals surface area contributed by atoms with Gasteiger partial charge < -0.3 is 9.64 Å². The number of aromatic nitrogens is 4. The highest BCUT2D eigenvalue weighted by atomic mass is 16.5. The third-order valence-electron chi connectivity index (χ3n) is 3.77. The number of aromatic amines is 1. The van der Waals surface area contributed by atoms with E-state index in [1.54, 1.807) is 4.90 Å². The fraction of sp³-hybridized carbons (Fsp3) is 0.467. The van der Waals surface area contributed by atoms with Crippen molar-refractivity contribution in [1.29, 1.82) is 0 Å². The molecule has 0 bridgehead atoms. The summed E-state index contributed by atoms with van der Waals surface area (Å²) in [6, 6.07) is 7.91. The maximum atomic E-state index is 12.7. The van der Waals surface area contributed by atoms with Gasteiger partial charge in [-0.3, -0.25) is 4.79 Å². The van der Waals surface area contributed by atoms with E-state index in [1.807, 2.05) is 31.2 Å². The Labute approximate surface area is 128 Å². The van der Waals surface area contributed by atoms with E-state index >= 15 is 0 Å². The van der Waals surface area contributed by atoms with Gasteiger partial charge in [-0.25, -0.2) is 0 Å². The number of anilines is 1. The van der Waals surface area contributed by atoms with Gasteiger partial charge in [0.05, 0.1) is 0 Å². The van der Waals surface area contributed by atoms with Crippen molar-refractivity contribution >= 4 is 11.6 Å². The largest absolute Gasteiger partial charge is 0.368 e. The molecule has 0 saturated carbocycles. The quantitative estimate of drug-likeness (QED) is 0.899. The highest BCUT2D eigenvalue weighted by molar-refractivity contribution is 5.96. The van der Waals surface area contributed by atoms with E-state index in [1.165, 1.54) is 0 Å². The normalized spacial score (nSPS) is 17.6. The summed E-state index contributed by atoms with van der Waals surface area (Å²) in [5, 5.41) is 13.8. The third-order valence-corrected chi connectivity index (χ3v) is 3.77. The SMILES string of the molecule is Cc1ccc(N(CCc2nn[nH]n2)C(=O)[C@@H]2CCCO2)cc1. The Kier molecular flexibility index (Phi) is 4.43. The van der Waals surface area contributed by atoms with Crippen molar-refractivity contribution in [3.63, 3.8) is 0 Å². The molecule has 0 aliphatic carbocycles. The summed E-state index contributed by atoms with van der Waals surface area (Å²) in [6.45, 7) is 3.18. The van der Waals surface area contributed by atoms with E-state index in [0.717, 1.165) is 24.1 Å². The first-order chi connectivity index (χ1) is 10.7. The Balaban J connectivity index is 1.77. The molecule has 1 saturated heterocycles. The summed E-state index contributed by atoms with van der Waals surface area (Å²) in [5.41, 5.74) is 2.03. The number of rotatable bonds is 5. The Bertz CT molecular complexity index is 605. The van der Waals surface area contributed by atoms with Crippen LogP contribution >= 0.6 is 0 Å². The predicted molar refractivity (Wildman–Crippen MR) is 80.4 cm³/mol. The number of carbonyl (C=O) groups excluding carboxylic acids is 1. The van der Waals surface area contributed by atoms with Crippen LogP contribution in [0.1, 0.15) is 24.2 Å². The van der Waals surface area contributed by atoms with Gasteiger partial charge in [-0.1, -0.05) is 22.9 Å². The number of aryl methyl sites for hydroxylation is 1. The van der Waals surface area contributed by atoms with Crippen molar-refractivity contribution in [3.8, 4) is 0 Å². The summed E-state index contributed by atoms with van der Waals surface area (Å²) in [6.07, 6.45) is 1.92. The molecular formula is C15H19N5O2. The number of H-pyrrole nitrogens is 1. The van der Waals surface area contributed by atoms with E-state index in [2.05, 4.69) is 20.6 Å². The van der Waals surface area contributed by atoms with Crippen LogP contribution in [0.15, 0.2) is 24.3 Å². The van der Waals surface area contributed by atoms with Crippen LogP contribution in [0.4, 0.5) is 5.69 Å². The lowest BCUT2D eigenvalue weighted by Gasteiger charge is -2.25.